The molecule has 21 heavy (non-hydrogen) atoms. The highest BCUT2D eigenvalue weighted by Crippen LogP contribution is 2.47. The number of hydrogen-bond donors (Lipinski definition) is 1. The van der Waals surface area contributed by atoms with Crippen LogP contribution in [0, 0.1) is 6.92 Å². The Kier molecular flexibility index (Phi) is 3.03. The Hall–Kier alpha value is -1.75. The van der Waals surface area contributed by atoms with Crippen molar-refractivity contribution in [1.82, 2.24) is 14.9 Å². The average Bonchev–Trinajstić information content (AvgIpc) is 3.13. The quantitative estimate of drug-likeness (QED) is 0.925. The van der Waals surface area contributed by atoms with Gasteiger partial charge in [-0.05, 0) is 31.2 Å². The fraction of sp³-hybridized carbons (Fsp3) is 0.375. The monoisotopic (exact) mass is 298 g/mol. The van der Waals surface area contributed by atoms with Crippen LogP contribution in [0.15, 0.2) is 41.5 Å². The maximum atomic E-state index is 4.96. The zero-order valence-electron chi connectivity index (χ0n) is 12.2. The summed E-state index contributed by atoms with van der Waals surface area (Å²) in [4.78, 5) is 15.4. The highest BCUT2D eigenvalue weighted by Gasteiger charge is 2.43. The molecule has 0 saturated carbocycles. The van der Waals surface area contributed by atoms with Crippen molar-refractivity contribution in [3.05, 3.63) is 53.6 Å². The van der Waals surface area contributed by atoms with Crippen LogP contribution in [0.5, 0.6) is 0 Å². The van der Waals surface area contributed by atoms with Gasteiger partial charge >= 0.3 is 0 Å². The van der Waals surface area contributed by atoms with Crippen LogP contribution in [0.2, 0.25) is 0 Å². The second-order valence-corrected chi connectivity index (χ2v) is 7.14. The largest absolute Gasteiger partial charge is 0.361 e. The molecule has 0 spiro atoms. The molecule has 1 fully saturated rings. The standard InChI is InChI=1S/C16H18N4S/c1-10-6-7-13(18-10)15-14(12-5-3-4-8-17-12)19-16-20(15)9-11(2)21-16/h3-8,11,14-15,18H,9H2,1-2H3/t11-,14-,15-/m1/s1. The third kappa shape index (κ3) is 2.16. The zero-order valence-corrected chi connectivity index (χ0v) is 13.0. The third-order valence-electron chi connectivity index (χ3n) is 4.05. The number of aliphatic imine (C=N–C) groups is 1. The molecule has 2 aliphatic rings. The summed E-state index contributed by atoms with van der Waals surface area (Å²) in [7, 11) is 0. The Bertz CT molecular complexity index is 679. The number of aryl methyl sites for hydroxylation is 1. The number of pyridine rings is 1. The number of aromatic nitrogens is 2. The van der Waals surface area contributed by atoms with Crippen molar-refractivity contribution in [3.8, 4) is 0 Å². The van der Waals surface area contributed by atoms with Gasteiger partial charge in [0.05, 0.1) is 11.7 Å². The van der Waals surface area contributed by atoms with Crippen molar-refractivity contribution in [3.63, 3.8) is 0 Å². The number of nitrogens with one attached hydrogen (secondary N) is 1. The molecule has 0 bridgehead atoms. The lowest BCUT2D eigenvalue weighted by molar-refractivity contribution is 0.316. The summed E-state index contributed by atoms with van der Waals surface area (Å²) in [5.41, 5.74) is 3.47. The van der Waals surface area contributed by atoms with Crippen LogP contribution in [0.1, 0.15) is 36.1 Å². The Morgan fingerprint density at radius 3 is 2.90 bits per heavy atom. The molecule has 2 aromatic rings. The molecule has 4 nitrogen and oxygen atoms in total. The first kappa shape index (κ1) is 13.0. The van der Waals surface area contributed by atoms with Crippen molar-refractivity contribution < 1.29 is 0 Å². The van der Waals surface area contributed by atoms with E-state index in [9.17, 15) is 0 Å². The number of aromatic amines is 1. The molecule has 0 radical (unpaired) electrons. The van der Waals surface area contributed by atoms with Gasteiger partial charge in [-0.2, -0.15) is 0 Å². The molecule has 1 N–H and O–H groups in total. The molecule has 5 heteroatoms. The van der Waals surface area contributed by atoms with E-state index in [4.69, 9.17) is 4.99 Å². The van der Waals surface area contributed by atoms with Gasteiger partial charge in [0.25, 0.3) is 0 Å². The normalized spacial score (nSPS) is 27.8. The first-order chi connectivity index (χ1) is 10.2. The molecule has 0 aliphatic carbocycles. The molecule has 108 valence electrons. The van der Waals surface area contributed by atoms with Crippen molar-refractivity contribution in [2.45, 2.75) is 31.2 Å². The molecule has 0 amide bonds. The van der Waals surface area contributed by atoms with E-state index in [1.54, 1.807) is 0 Å². The molecule has 2 aliphatic heterocycles. The second kappa shape index (κ2) is 4.91. The Labute approximate surface area is 128 Å². The minimum absolute atomic E-state index is 0.0826. The van der Waals surface area contributed by atoms with Crippen LogP contribution in [0.4, 0.5) is 0 Å². The third-order valence-corrected chi connectivity index (χ3v) is 5.16. The van der Waals surface area contributed by atoms with E-state index < -0.39 is 0 Å². The van der Waals surface area contributed by atoms with E-state index in [0.29, 0.717) is 5.25 Å². The molecule has 4 rings (SSSR count). The lowest BCUT2D eigenvalue weighted by Crippen LogP contribution is -2.28. The zero-order chi connectivity index (χ0) is 14.4. The lowest BCUT2D eigenvalue weighted by Gasteiger charge is -2.26. The van der Waals surface area contributed by atoms with Crippen molar-refractivity contribution in [2.75, 3.05) is 6.54 Å². The van der Waals surface area contributed by atoms with E-state index in [-0.39, 0.29) is 12.1 Å². The van der Waals surface area contributed by atoms with Gasteiger partial charge in [0.2, 0.25) is 0 Å². The van der Waals surface area contributed by atoms with Gasteiger partial charge in [0.15, 0.2) is 5.17 Å². The predicted molar refractivity (Wildman–Crippen MR) is 86.4 cm³/mol. The molecular weight excluding hydrogens is 280 g/mol. The summed E-state index contributed by atoms with van der Waals surface area (Å²) in [6.07, 6.45) is 1.85. The van der Waals surface area contributed by atoms with Gasteiger partial charge in [-0.3, -0.25) is 9.98 Å². The number of thioether (sulfide) groups is 1. The number of hydrogen-bond acceptors (Lipinski definition) is 4. The van der Waals surface area contributed by atoms with Crippen LogP contribution in [-0.2, 0) is 0 Å². The molecule has 2 aromatic heterocycles. The maximum absolute atomic E-state index is 4.96. The second-order valence-electron chi connectivity index (χ2n) is 5.73. The van der Waals surface area contributed by atoms with Gasteiger partial charge < -0.3 is 9.88 Å². The summed E-state index contributed by atoms with van der Waals surface area (Å²) in [6, 6.07) is 10.7. The number of H-pyrrole nitrogens is 1. The summed E-state index contributed by atoms with van der Waals surface area (Å²) < 4.78 is 0. The van der Waals surface area contributed by atoms with Gasteiger partial charge in [0, 0.05) is 29.4 Å². The van der Waals surface area contributed by atoms with E-state index in [2.05, 4.69) is 46.9 Å². The SMILES string of the molecule is Cc1ccc([C@@H]2[C@@H](c3ccccn3)N=C3S[C@H](C)CN32)[nH]1. The highest BCUT2D eigenvalue weighted by molar-refractivity contribution is 8.14. The van der Waals surface area contributed by atoms with Gasteiger partial charge in [-0.25, -0.2) is 0 Å². The van der Waals surface area contributed by atoms with Crippen LogP contribution >= 0.6 is 11.8 Å². The van der Waals surface area contributed by atoms with Gasteiger partial charge in [-0.15, -0.1) is 0 Å². The molecule has 3 atom stereocenters. The van der Waals surface area contributed by atoms with Crippen molar-refractivity contribution >= 4 is 16.9 Å². The average molecular weight is 298 g/mol. The first-order valence-corrected chi connectivity index (χ1v) is 8.18. The fourth-order valence-corrected chi connectivity index (χ4v) is 4.25. The first-order valence-electron chi connectivity index (χ1n) is 7.30. The lowest BCUT2D eigenvalue weighted by atomic mass is 10.0. The van der Waals surface area contributed by atoms with E-state index >= 15 is 0 Å². The summed E-state index contributed by atoms with van der Waals surface area (Å²) in [5.74, 6) is 0. The smallest absolute Gasteiger partial charge is 0.160 e. The molecular formula is C16H18N4S. The van der Waals surface area contributed by atoms with E-state index in [0.717, 1.165) is 17.4 Å². The number of fused-ring (bicyclic) bond motifs is 1. The summed E-state index contributed by atoms with van der Waals surface area (Å²) in [6.45, 7) is 5.41. The highest BCUT2D eigenvalue weighted by atomic mass is 32.2. The summed E-state index contributed by atoms with van der Waals surface area (Å²) >= 11 is 1.87. The van der Waals surface area contributed by atoms with Crippen LogP contribution < -0.4 is 0 Å². The Morgan fingerprint density at radius 1 is 1.29 bits per heavy atom. The molecule has 0 aromatic carbocycles. The molecule has 4 heterocycles. The Morgan fingerprint density at radius 2 is 2.19 bits per heavy atom. The minimum Gasteiger partial charge on any atom is -0.361 e. The molecule has 0 unspecified atom stereocenters. The predicted octanol–water partition coefficient (Wildman–Crippen LogP) is 3.31. The molecule has 1 saturated heterocycles. The van der Waals surface area contributed by atoms with Gasteiger partial charge in [0.1, 0.15) is 6.04 Å². The van der Waals surface area contributed by atoms with Crippen LogP contribution in [0.3, 0.4) is 0 Å². The number of nitrogens with zero attached hydrogens (tertiary/aromatic N) is 3. The topological polar surface area (TPSA) is 44.3 Å². The van der Waals surface area contributed by atoms with Gasteiger partial charge in [-0.1, -0.05) is 24.8 Å². The van der Waals surface area contributed by atoms with Crippen molar-refractivity contribution in [2.24, 2.45) is 4.99 Å². The van der Waals surface area contributed by atoms with E-state index in [1.807, 2.05) is 30.1 Å². The van der Waals surface area contributed by atoms with Crippen LogP contribution in [-0.4, -0.2) is 31.8 Å². The maximum Gasteiger partial charge on any atom is 0.160 e. The summed E-state index contributed by atoms with van der Waals surface area (Å²) in [5, 5.41) is 1.77. The van der Waals surface area contributed by atoms with Crippen LogP contribution in [0.25, 0.3) is 0 Å². The van der Waals surface area contributed by atoms with E-state index in [1.165, 1.54) is 11.4 Å². The minimum atomic E-state index is 0.0826. The van der Waals surface area contributed by atoms with Crippen molar-refractivity contribution in [1.29, 1.82) is 0 Å². The fourth-order valence-electron chi connectivity index (χ4n) is 3.15. The number of rotatable bonds is 2. The number of amidine groups is 1. The Balaban J connectivity index is 1.77.